The standard InChI is InChI=1S/C15H11BrClNO3/c1-8-5-11(17)7-12(15(20)21)13(8)18-14(19)9-3-2-4-10(16)6-9/h2-7H,1H3,(H,18,19)(H,20,21). The van der Waals surface area contributed by atoms with Crippen LogP contribution in [0.3, 0.4) is 0 Å². The number of anilines is 1. The smallest absolute Gasteiger partial charge is 0.337 e. The minimum atomic E-state index is -1.15. The number of rotatable bonds is 3. The molecule has 0 heterocycles. The fourth-order valence-electron chi connectivity index (χ4n) is 1.89. The highest BCUT2D eigenvalue weighted by molar-refractivity contribution is 9.10. The van der Waals surface area contributed by atoms with Crippen LogP contribution in [0.4, 0.5) is 5.69 Å². The second-order valence-corrected chi connectivity index (χ2v) is 5.77. The summed E-state index contributed by atoms with van der Waals surface area (Å²) < 4.78 is 0.765. The third-order valence-electron chi connectivity index (χ3n) is 2.86. The van der Waals surface area contributed by atoms with E-state index in [0.29, 0.717) is 16.1 Å². The number of nitrogens with one attached hydrogen (secondary N) is 1. The number of benzene rings is 2. The van der Waals surface area contributed by atoms with Crippen LogP contribution in [0.15, 0.2) is 40.9 Å². The van der Waals surface area contributed by atoms with Crippen LogP contribution >= 0.6 is 27.5 Å². The summed E-state index contributed by atoms with van der Waals surface area (Å²) in [6.45, 7) is 1.69. The number of hydrogen-bond donors (Lipinski definition) is 2. The molecule has 0 radical (unpaired) electrons. The van der Waals surface area contributed by atoms with E-state index < -0.39 is 5.97 Å². The first-order valence-corrected chi connectivity index (χ1v) is 7.16. The molecular weight excluding hydrogens is 358 g/mol. The fraction of sp³-hybridized carbons (Fsp3) is 0.0667. The summed E-state index contributed by atoms with van der Waals surface area (Å²) in [7, 11) is 0. The van der Waals surface area contributed by atoms with Crippen LogP contribution < -0.4 is 5.32 Å². The average Bonchev–Trinajstić information content (AvgIpc) is 2.41. The molecule has 6 heteroatoms. The van der Waals surface area contributed by atoms with Gasteiger partial charge in [0.05, 0.1) is 11.3 Å². The molecule has 0 aliphatic rings. The minimum absolute atomic E-state index is 0.0386. The van der Waals surface area contributed by atoms with Crippen LogP contribution in [0.25, 0.3) is 0 Å². The van der Waals surface area contributed by atoms with Gasteiger partial charge >= 0.3 is 5.97 Å². The van der Waals surface area contributed by atoms with Crippen molar-refractivity contribution < 1.29 is 14.7 Å². The van der Waals surface area contributed by atoms with Crippen LogP contribution in [0.5, 0.6) is 0 Å². The Bertz CT molecular complexity index is 731. The lowest BCUT2D eigenvalue weighted by molar-refractivity contribution is 0.0698. The number of aromatic carboxylic acids is 1. The number of carbonyl (C=O) groups is 2. The van der Waals surface area contributed by atoms with Crippen molar-refractivity contribution in [1.82, 2.24) is 0 Å². The van der Waals surface area contributed by atoms with E-state index in [2.05, 4.69) is 21.2 Å². The van der Waals surface area contributed by atoms with E-state index >= 15 is 0 Å². The fourth-order valence-corrected chi connectivity index (χ4v) is 2.57. The predicted octanol–water partition coefficient (Wildman–Crippen LogP) is 4.36. The molecule has 2 aromatic carbocycles. The van der Waals surface area contributed by atoms with E-state index in [1.165, 1.54) is 6.07 Å². The van der Waals surface area contributed by atoms with Gasteiger partial charge in [0.15, 0.2) is 0 Å². The van der Waals surface area contributed by atoms with Gasteiger partial charge in [-0.15, -0.1) is 0 Å². The first-order valence-electron chi connectivity index (χ1n) is 5.99. The van der Waals surface area contributed by atoms with Crippen LogP contribution in [-0.2, 0) is 0 Å². The highest BCUT2D eigenvalue weighted by Gasteiger charge is 2.17. The predicted molar refractivity (Wildman–Crippen MR) is 85.2 cm³/mol. The Labute approximate surface area is 134 Å². The number of carbonyl (C=O) groups excluding carboxylic acids is 1. The highest BCUT2D eigenvalue weighted by Crippen LogP contribution is 2.26. The van der Waals surface area contributed by atoms with E-state index in [9.17, 15) is 14.7 Å². The van der Waals surface area contributed by atoms with Crippen LogP contribution in [0, 0.1) is 6.92 Å². The Balaban J connectivity index is 2.39. The molecule has 0 aromatic heterocycles. The van der Waals surface area contributed by atoms with Gasteiger partial charge in [-0.3, -0.25) is 4.79 Å². The van der Waals surface area contributed by atoms with Gasteiger partial charge in [-0.25, -0.2) is 4.79 Å². The number of carboxylic acid groups (broad SMARTS) is 1. The van der Waals surface area contributed by atoms with E-state index in [4.69, 9.17) is 11.6 Å². The van der Waals surface area contributed by atoms with E-state index in [0.717, 1.165) is 4.47 Å². The Hall–Kier alpha value is -1.85. The molecule has 0 aliphatic carbocycles. The Morgan fingerprint density at radius 1 is 1.24 bits per heavy atom. The topological polar surface area (TPSA) is 66.4 Å². The largest absolute Gasteiger partial charge is 0.478 e. The number of amides is 1. The summed E-state index contributed by atoms with van der Waals surface area (Å²) in [5.74, 6) is -1.53. The van der Waals surface area contributed by atoms with Gasteiger partial charge in [0.1, 0.15) is 0 Å². The third-order valence-corrected chi connectivity index (χ3v) is 3.57. The van der Waals surface area contributed by atoms with Crippen molar-refractivity contribution >= 4 is 45.1 Å². The van der Waals surface area contributed by atoms with E-state index in [1.807, 2.05) is 0 Å². The zero-order valence-corrected chi connectivity index (χ0v) is 13.3. The second-order valence-electron chi connectivity index (χ2n) is 4.41. The molecule has 108 valence electrons. The van der Waals surface area contributed by atoms with E-state index in [1.54, 1.807) is 37.3 Å². The van der Waals surface area contributed by atoms with Crippen molar-refractivity contribution in [3.05, 3.63) is 62.6 Å². The monoisotopic (exact) mass is 367 g/mol. The van der Waals surface area contributed by atoms with Gasteiger partial charge in [-0.05, 0) is 42.8 Å². The molecule has 2 N–H and O–H groups in total. The van der Waals surface area contributed by atoms with Gasteiger partial charge in [0, 0.05) is 15.1 Å². The molecule has 0 saturated heterocycles. The van der Waals surface area contributed by atoms with Crippen molar-refractivity contribution in [2.75, 3.05) is 5.32 Å². The van der Waals surface area contributed by atoms with Crippen molar-refractivity contribution in [1.29, 1.82) is 0 Å². The van der Waals surface area contributed by atoms with Crippen molar-refractivity contribution in [2.45, 2.75) is 6.92 Å². The molecule has 0 aliphatic heterocycles. The molecule has 4 nitrogen and oxygen atoms in total. The summed E-state index contributed by atoms with van der Waals surface area (Å²) in [5, 5.41) is 12.2. The first kappa shape index (κ1) is 15.5. The first-order chi connectivity index (χ1) is 9.88. The third kappa shape index (κ3) is 3.62. The summed E-state index contributed by atoms with van der Waals surface area (Å²) in [6, 6.07) is 9.74. The van der Waals surface area contributed by atoms with Gasteiger partial charge in [0.25, 0.3) is 5.91 Å². The van der Waals surface area contributed by atoms with E-state index in [-0.39, 0.29) is 17.2 Å². The summed E-state index contributed by atoms with van der Waals surface area (Å²) >= 11 is 9.14. The lowest BCUT2D eigenvalue weighted by atomic mass is 10.1. The van der Waals surface area contributed by atoms with Crippen molar-refractivity contribution in [2.24, 2.45) is 0 Å². The number of aryl methyl sites for hydroxylation is 1. The maximum absolute atomic E-state index is 12.2. The van der Waals surface area contributed by atoms with Gasteiger partial charge in [-0.1, -0.05) is 33.6 Å². The normalized spacial score (nSPS) is 10.2. The maximum atomic E-state index is 12.2. The highest BCUT2D eigenvalue weighted by atomic mass is 79.9. The molecule has 0 atom stereocenters. The molecule has 0 unspecified atom stereocenters. The van der Waals surface area contributed by atoms with Gasteiger partial charge in [0.2, 0.25) is 0 Å². The number of hydrogen-bond acceptors (Lipinski definition) is 2. The van der Waals surface area contributed by atoms with Gasteiger partial charge < -0.3 is 10.4 Å². The van der Waals surface area contributed by atoms with Crippen LogP contribution in [0.1, 0.15) is 26.3 Å². The zero-order chi connectivity index (χ0) is 15.6. The molecule has 1 amide bonds. The summed E-state index contributed by atoms with van der Waals surface area (Å²) in [6.07, 6.45) is 0. The SMILES string of the molecule is Cc1cc(Cl)cc(C(=O)O)c1NC(=O)c1cccc(Br)c1. The van der Waals surface area contributed by atoms with Crippen LogP contribution in [-0.4, -0.2) is 17.0 Å². The molecule has 0 bridgehead atoms. The number of halogens is 2. The summed E-state index contributed by atoms with van der Waals surface area (Å²) in [5.41, 5.74) is 1.22. The molecule has 2 aromatic rings. The molecule has 0 saturated carbocycles. The Kier molecular flexibility index (Phi) is 4.65. The number of carboxylic acids is 1. The molecule has 21 heavy (non-hydrogen) atoms. The molecular formula is C15H11BrClNO3. The Morgan fingerprint density at radius 3 is 2.57 bits per heavy atom. The van der Waals surface area contributed by atoms with Crippen molar-refractivity contribution in [3.8, 4) is 0 Å². The second kappa shape index (κ2) is 6.28. The molecule has 2 rings (SSSR count). The van der Waals surface area contributed by atoms with Crippen molar-refractivity contribution in [3.63, 3.8) is 0 Å². The molecule has 0 fully saturated rings. The quantitative estimate of drug-likeness (QED) is 0.846. The maximum Gasteiger partial charge on any atom is 0.337 e. The lowest BCUT2D eigenvalue weighted by Crippen LogP contribution is -2.16. The zero-order valence-electron chi connectivity index (χ0n) is 11.0. The van der Waals surface area contributed by atoms with Crippen LogP contribution in [0.2, 0.25) is 5.02 Å². The van der Waals surface area contributed by atoms with Gasteiger partial charge in [-0.2, -0.15) is 0 Å². The lowest BCUT2D eigenvalue weighted by Gasteiger charge is -2.12. The average molecular weight is 369 g/mol. The summed E-state index contributed by atoms with van der Waals surface area (Å²) in [4.78, 5) is 23.5. The molecule has 0 spiro atoms. The minimum Gasteiger partial charge on any atom is -0.478 e. The Morgan fingerprint density at radius 2 is 1.95 bits per heavy atom.